The van der Waals surface area contributed by atoms with Crippen molar-refractivity contribution >= 4 is 50.7 Å². The van der Waals surface area contributed by atoms with Gasteiger partial charge in [-0.15, -0.1) is 0 Å². The van der Waals surface area contributed by atoms with Gasteiger partial charge in [-0.05, 0) is 59.9 Å². The molecule has 1 N–H and O–H groups in total. The molecule has 4 rings (SSSR count). The third-order valence-corrected chi connectivity index (χ3v) is 9.92. The third-order valence-electron chi connectivity index (χ3n) is 7.41. The third kappa shape index (κ3) is 8.66. The molecule has 7 nitrogen and oxygen atoms in total. The molecule has 0 bridgehead atoms. The SMILES string of the molecule is CCCNC(=O)C(Cc1ccccc1)N(Cc1ccc(Cl)c(Cl)c1)C(=O)CN(c1ccccc1CC)S(=O)(=O)c1ccccc1. The van der Waals surface area contributed by atoms with E-state index in [1.165, 1.54) is 17.0 Å². The van der Waals surface area contributed by atoms with Crippen LogP contribution in [0.2, 0.25) is 10.0 Å². The predicted molar refractivity (Wildman–Crippen MR) is 181 cm³/mol. The highest BCUT2D eigenvalue weighted by molar-refractivity contribution is 7.92. The van der Waals surface area contributed by atoms with Gasteiger partial charge in [0.25, 0.3) is 10.0 Å². The number of benzene rings is 4. The summed E-state index contributed by atoms with van der Waals surface area (Å²) in [6.45, 7) is 3.78. The first-order valence-electron chi connectivity index (χ1n) is 14.9. The van der Waals surface area contributed by atoms with Gasteiger partial charge in [0.05, 0.1) is 20.6 Å². The number of halogens is 2. The Morgan fingerprint density at radius 2 is 1.44 bits per heavy atom. The maximum Gasteiger partial charge on any atom is 0.264 e. The highest BCUT2D eigenvalue weighted by Crippen LogP contribution is 2.29. The molecule has 4 aromatic rings. The maximum absolute atomic E-state index is 14.6. The van der Waals surface area contributed by atoms with Crippen LogP contribution in [0.3, 0.4) is 0 Å². The zero-order valence-electron chi connectivity index (χ0n) is 25.3. The zero-order valence-corrected chi connectivity index (χ0v) is 27.7. The average Bonchev–Trinajstić information content (AvgIpc) is 3.06. The first-order chi connectivity index (χ1) is 21.6. The minimum atomic E-state index is -4.17. The second-order valence-electron chi connectivity index (χ2n) is 10.6. The van der Waals surface area contributed by atoms with Gasteiger partial charge in [0, 0.05) is 19.5 Å². The first-order valence-corrected chi connectivity index (χ1v) is 17.1. The minimum Gasteiger partial charge on any atom is -0.354 e. The molecule has 0 spiro atoms. The number of hydrogen-bond donors (Lipinski definition) is 1. The molecule has 0 saturated carbocycles. The number of nitrogens with zero attached hydrogens (tertiary/aromatic N) is 2. The molecule has 0 aliphatic carbocycles. The van der Waals surface area contributed by atoms with E-state index in [9.17, 15) is 18.0 Å². The van der Waals surface area contributed by atoms with E-state index in [0.29, 0.717) is 40.7 Å². The summed E-state index contributed by atoms with van der Waals surface area (Å²) >= 11 is 12.5. The number of anilines is 1. The molecule has 0 aliphatic heterocycles. The molecule has 1 atom stereocenters. The molecule has 0 saturated heterocycles. The predicted octanol–water partition coefficient (Wildman–Crippen LogP) is 6.92. The number of aryl methyl sites for hydroxylation is 1. The van der Waals surface area contributed by atoms with Gasteiger partial charge in [0.2, 0.25) is 11.8 Å². The maximum atomic E-state index is 14.6. The molecule has 0 fully saturated rings. The van der Waals surface area contributed by atoms with Gasteiger partial charge in [-0.2, -0.15) is 0 Å². The van der Waals surface area contributed by atoms with Gasteiger partial charge >= 0.3 is 0 Å². The first kappa shape index (κ1) is 34.0. The summed E-state index contributed by atoms with van der Waals surface area (Å²) in [6, 6.07) is 28.7. The van der Waals surface area contributed by atoms with E-state index in [1.807, 2.05) is 56.3 Å². The van der Waals surface area contributed by atoms with Crippen LogP contribution in [0.4, 0.5) is 5.69 Å². The molecule has 0 heterocycles. The Hall–Kier alpha value is -3.85. The van der Waals surface area contributed by atoms with Crippen LogP contribution in [0, 0.1) is 0 Å². The summed E-state index contributed by atoms with van der Waals surface area (Å²) in [5.41, 5.74) is 2.67. The summed E-state index contributed by atoms with van der Waals surface area (Å²) < 4.78 is 29.5. The molecule has 10 heteroatoms. The standard InChI is InChI=1S/C35H37Cl2N3O4S/c1-3-21-38-35(42)33(23-26-13-7-5-8-14-26)39(24-27-19-20-30(36)31(37)22-27)34(41)25-40(32-18-12-11-15-28(32)4-2)45(43,44)29-16-9-6-10-17-29/h5-20,22,33H,3-4,21,23-25H2,1-2H3,(H,38,42). The van der Waals surface area contributed by atoms with Crippen LogP contribution in [-0.2, 0) is 39.0 Å². The fourth-order valence-electron chi connectivity index (χ4n) is 5.04. The number of para-hydroxylation sites is 1. The molecular formula is C35H37Cl2N3O4S. The topological polar surface area (TPSA) is 86.8 Å². The fraction of sp³-hybridized carbons (Fsp3) is 0.257. The van der Waals surface area contributed by atoms with Gasteiger partial charge in [-0.25, -0.2) is 8.42 Å². The Balaban J connectivity index is 1.83. The number of carbonyl (C=O) groups is 2. The van der Waals surface area contributed by atoms with E-state index in [2.05, 4.69) is 5.32 Å². The lowest BCUT2D eigenvalue weighted by atomic mass is 10.0. The van der Waals surface area contributed by atoms with E-state index in [0.717, 1.165) is 15.4 Å². The monoisotopic (exact) mass is 665 g/mol. The van der Waals surface area contributed by atoms with E-state index in [-0.39, 0.29) is 23.8 Å². The number of rotatable bonds is 14. The quantitative estimate of drug-likeness (QED) is 0.158. The molecule has 45 heavy (non-hydrogen) atoms. The van der Waals surface area contributed by atoms with Gasteiger partial charge in [0.15, 0.2) is 0 Å². The fourth-order valence-corrected chi connectivity index (χ4v) is 6.83. The molecule has 0 aromatic heterocycles. The van der Waals surface area contributed by atoms with Crippen molar-refractivity contribution in [2.75, 3.05) is 17.4 Å². The number of hydrogen-bond acceptors (Lipinski definition) is 4. The molecular weight excluding hydrogens is 629 g/mol. The summed E-state index contributed by atoms with van der Waals surface area (Å²) in [4.78, 5) is 29.8. The van der Waals surface area contributed by atoms with Gasteiger partial charge < -0.3 is 10.2 Å². The lowest BCUT2D eigenvalue weighted by Crippen LogP contribution is -2.53. The smallest absolute Gasteiger partial charge is 0.264 e. The van der Waals surface area contributed by atoms with E-state index < -0.39 is 28.5 Å². The Morgan fingerprint density at radius 3 is 2.09 bits per heavy atom. The highest BCUT2D eigenvalue weighted by atomic mass is 35.5. The van der Waals surface area contributed by atoms with E-state index in [1.54, 1.807) is 48.5 Å². The molecule has 1 unspecified atom stereocenters. The summed E-state index contributed by atoms with van der Waals surface area (Å²) in [5.74, 6) is -0.875. The molecule has 4 aromatic carbocycles. The van der Waals surface area contributed by atoms with Crippen molar-refractivity contribution in [1.82, 2.24) is 10.2 Å². The van der Waals surface area contributed by atoms with Crippen LogP contribution in [-0.4, -0.2) is 44.3 Å². The minimum absolute atomic E-state index is 0.00141. The van der Waals surface area contributed by atoms with Crippen LogP contribution < -0.4 is 9.62 Å². The van der Waals surface area contributed by atoms with Gasteiger partial charge in [-0.3, -0.25) is 13.9 Å². The number of nitrogens with one attached hydrogen (secondary N) is 1. The van der Waals surface area contributed by atoms with Crippen molar-refractivity contribution in [3.8, 4) is 0 Å². The summed E-state index contributed by atoms with van der Waals surface area (Å²) in [5, 5.41) is 3.61. The Bertz CT molecular complexity index is 1700. The van der Waals surface area contributed by atoms with Crippen LogP contribution in [0.5, 0.6) is 0 Å². The second-order valence-corrected chi connectivity index (χ2v) is 13.3. The average molecular weight is 667 g/mol. The van der Waals surface area contributed by atoms with Crippen molar-refractivity contribution in [2.45, 2.75) is 50.6 Å². The highest BCUT2D eigenvalue weighted by Gasteiger charge is 2.35. The summed E-state index contributed by atoms with van der Waals surface area (Å²) in [6.07, 6.45) is 1.48. The Kier molecular flexibility index (Phi) is 12.0. The van der Waals surface area contributed by atoms with E-state index in [4.69, 9.17) is 23.2 Å². The van der Waals surface area contributed by atoms with Crippen LogP contribution in [0.15, 0.2) is 108 Å². The van der Waals surface area contributed by atoms with Crippen LogP contribution >= 0.6 is 23.2 Å². The lowest BCUT2D eigenvalue weighted by Gasteiger charge is -2.34. The van der Waals surface area contributed by atoms with Crippen molar-refractivity contribution in [1.29, 1.82) is 0 Å². The summed E-state index contributed by atoms with van der Waals surface area (Å²) in [7, 11) is -4.17. The number of amides is 2. The van der Waals surface area contributed by atoms with Crippen molar-refractivity contribution < 1.29 is 18.0 Å². The van der Waals surface area contributed by atoms with Crippen molar-refractivity contribution in [3.63, 3.8) is 0 Å². The van der Waals surface area contributed by atoms with Crippen LogP contribution in [0.25, 0.3) is 0 Å². The molecule has 2 amide bonds. The Labute approximate surface area is 275 Å². The largest absolute Gasteiger partial charge is 0.354 e. The molecule has 236 valence electrons. The van der Waals surface area contributed by atoms with Gasteiger partial charge in [-0.1, -0.05) is 110 Å². The molecule has 0 radical (unpaired) electrons. The second kappa shape index (κ2) is 15.9. The van der Waals surface area contributed by atoms with Gasteiger partial charge in [0.1, 0.15) is 12.6 Å². The van der Waals surface area contributed by atoms with Crippen molar-refractivity contribution in [2.24, 2.45) is 0 Å². The lowest BCUT2D eigenvalue weighted by molar-refractivity contribution is -0.140. The number of carbonyl (C=O) groups excluding carboxylic acids is 2. The van der Waals surface area contributed by atoms with E-state index >= 15 is 0 Å². The zero-order chi connectivity index (χ0) is 32.4. The molecule has 0 aliphatic rings. The van der Waals surface area contributed by atoms with Crippen molar-refractivity contribution in [3.05, 3.63) is 130 Å². The Morgan fingerprint density at radius 1 is 0.800 bits per heavy atom. The normalized spacial score (nSPS) is 11.9. The van der Waals surface area contributed by atoms with Crippen LogP contribution in [0.1, 0.15) is 37.0 Å². The number of sulfonamides is 1.